The average Bonchev–Trinajstić information content (AvgIpc) is 2.54. The number of rotatable bonds is 3. The molecule has 2 rings (SSSR count). The van der Waals surface area contributed by atoms with Crippen LogP contribution in [-0.4, -0.2) is 0 Å². The highest BCUT2D eigenvalue weighted by molar-refractivity contribution is 5.62. The topological polar surface area (TPSA) is 56.8 Å². The number of allylic oxidation sites excluding steroid dienone is 1. The molecule has 0 unspecified atom stereocenters. The standard InChI is InChI=1S/C20H18N2O/c1-20(2,3)17-6-10-19(11-7-17)23-18-8-4-15(5-9-18)12-16(13-21)14-22/h4-12H,1-3H3. The zero-order valence-corrected chi connectivity index (χ0v) is 13.5. The minimum atomic E-state index is 0.0800. The van der Waals surface area contributed by atoms with Crippen LogP contribution in [0.4, 0.5) is 0 Å². The van der Waals surface area contributed by atoms with Crippen LogP contribution in [0.3, 0.4) is 0 Å². The van der Waals surface area contributed by atoms with Crippen LogP contribution >= 0.6 is 0 Å². The summed E-state index contributed by atoms with van der Waals surface area (Å²) in [7, 11) is 0. The molecule has 2 aromatic rings. The Kier molecular flexibility index (Phi) is 4.84. The van der Waals surface area contributed by atoms with Gasteiger partial charge in [0.15, 0.2) is 0 Å². The summed E-state index contributed by atoms with van der Waals surface area (Å²) in [6, 6.07) is 19.0. The zero-order chi connectivity index (χ0) is 16.9. The minimum Gasteiger partial charge on any atom is -0.457 e. The maximum Gasteiger partial charge on any atom is 0.130 e. The third-order valence-electron chi connectivity index (χ3n) is 3.39. The molecule has 0 fully saturated rings. The van der Waals surface area contributed by atoms with E-state index < -0.39 is 0 Å². The Labute approximate surface area is 137 Å². The molecular formula is C20H18N2O. The normalized spacial score (nSPS) is 10.3. The number of benzene rings is 2. The van der Waals surface area contributed by atoms with Gasteiger partial charge in [-0.05, 0) is 46.9 Å². The zero-order valence-electron chi connectivity index (χ0n) is 13.5. The lowest BCUT2D eigenvalue weighted by Crippen LogP contribution is -2.10. The first kappa shape index (κ1) is 16.3. The van der Waals surface area contributed by atoms with Crippen molar-refractivity contribution in [2.45, 2.75) is 26.2 Å². The molecule has 0 aliphatic rings. The lowest BCUT2D eigenvalue weighted by atomic mass is 9.87. The SMILES string of the molecule is CC(C)(C)c1ccc(Oc2ccc(C=C(C#N)C#N)cc2)cc1. The Morgan fingerprint density at radius 1 is 0.870 bits per heavy atom. The van der Waals surface area contributed by atoms with E-state index in [-0.39, 0.29) is 11.0 Å². The second-order valence-corrected chi connectivity index (χ2v) is 6.23. The fraction of sp³-hybridized carbons (Fsp3) is 0.200. The molecular weight excluding hydrogens is 284 g/mol. The van der Waals surface area contributed by atoms with E-state index in [2.05, 4.69) is 32.9 Å². The molecule has 0 saturated carbocycles. The molecule has 0 amide bonds. The molecule has 0 aliphatic carbocycles. The quantitative estimate of drug-likeness (QED) is 0.731. The van der Waals surface area contributed by atoms with Crippen molar-refractivity contribution in [3.8, 4) is 23.6 Å². The van der Waals surface area contributed by atoms with Crippen LogP contribution in [0.5, 0.6) is 11.5 Å². The monoisotopic (exact) mass is 302 g/mol. The van der Waals surface area contributed by atoms with Crippen molar-refractivity contribution >= 4 is 6.08 Å². The van der Waals surface area contributed by atoms with Crippen LogP contribution in [0, 0.1) is 22.7 Å². The van der Waals surface area contributed by atoms with Crippen LogP contribution in [0.2, 0.25) is 0 Å². The highest BCUT2D eigenvalue weighted by Gasteiger charge is 2.13. The van der Waals surface area contributed by atoms with E-state index >= 15 is 0 Å². The Morgan fingerprint density at radius 3 is 1.78 bits per heavy atom. The van der Waals surface area contributed by atoms with Gasteiger partial charge in [-0.1, -0.05) is 45.0 Å². The van der Waals surface area contributed by atoms with Gasteiger partial charge in [0, 0.05) is 0 Å². The van der Waals surface area contributed by atoms with Crippen LogP contribution in [0.1, 0.15) is 31.9 Å². The van der Waals surface area contributed by atoms with Crippen molar-refractivity contribution in [2.24, 2.45) is 0 Å². The lowest BCUT2D eigenvalue weighted by Gasteiger charge is -2.19. The van der Waals surface area contributed by atoms with Crippen molar-refractivity contribution in [2.75, 3.05) is 0 Å². The number of nitrogens with zero attached hydrogens (tertiary/aromatic N) is 2. The van der Waals surface area contributed by atoms with Crippen LogP contribution in [0.25, 0.3) is 6.08 Å². The summed E-state index contributed by atoms with van der Waals surface area (Å²) in [6.07, 6.45) is 1.54. The fourth-order valence-electron chi connectivity index (χ4n) is 2.05. The van der Waals surface area contributed by atoms with E-state index in [0.717, 1.165) is 11.3 Å². The molecule has 0 heterocycles. The Hall–Kier alpha value is -3.04. The van der Waals surface area contributed by atoms with Gasteiger partial charge in [0.2, 0.25) is 0 Å². The summed E-state index contributed by atoms with van der Waals surface area (Å²) in [5.74, 6) is 1.48. The highest BCUT2D eigenvalue weighted by Crippen LogP contribution is 2.27. The van der Waals surface area contributed by atoms with E-state index in [4.69, 9.17) is 15.3 Å². The van der Waals surface area contributed by atoms with E-state index in [1.165, 1.54) is 5.56 Å². The van der Waals surface area contributed by atoms with Crippen molar-refractivity contribution in [1.82, 2.24) is 0 Å². The van der Waals surface area contributed by atoms with Gasteiger partial charge >= 0.3 is 0 Å². The summed E-state index contributed by atoms with van der Waals surface area (Å²) in [4.78, 5) is 0. The van der Waals surface area contributed by atoms with Crippen LogP contribution in [-0.2, 0) is 5.41 Å². The molecule has 0 N–H and O–H groups in total. The highest BCUT2D eigenvalue weighted by atomic mass is 16.5. The number of hydrogen-bond acceptors (Lipinski definition) is 3. The van der Waals surface area contributed by atoms with Crippen molar-refractivity contribution in [1.29, 1.82) is 10.5 Å². The van der Waals surface area contributed by atoms with Gasteiger partial charge in [-0.25, -0.2) is 0 Å². The third kappa shape index (κ3) is 4.46. The number of hydrogen-bond donors (Lipinski definition) is 0. The molecule has 3 nitrogen and oxygen atoms in total. The van der Waals surface area contributed by atoms with E-state index in [1.54, 1.807) is 6.08 Å². The maximum atomic E-state index is 8.75. The van der Waals surface area contributed by atoms with Gasteiger partial charge in [-0.15, -0.1) is 0 Å². The summed E-state index contributed by atoms with van der Waals surface area (Å²) in [5, 5.41) is 17.5. The second kappa shape index (κ2) is 6.81. The smallest absolute Gasteiger partial charge is 0.130 e. The minimum absolute atomic E-state index is 0.0800. The molecule has 0 atom stereocenters. The molecule has 2 aromatic carbocycles. The molecule has 0 saturated heterocycles. The van der Waals surface area contributed by atoms with Gasteiger partial charge in [0.05, 0.1) is 0 Å². The first-order valence-corrected chi connectivity index (χ1v) is 7.33. The molecule has 0 aromatic heterocycles. The Bertz CT molecular complexity index is 764. The molecule has 3 heteroatoms. The molecule has 0 aliphatic heterocycles. The second-order valence-electron chi connectivity index (χ2n) is 6.23. The maximum absolute atomic E-state index is 8.75. The summed E-state index contributed by atoms with van der Waals surface area (Å²) < 4.78 is 5.81. The van der Waals surface area contributed by atoms with Crippen molar-refractivity contribution in [3.63, 3.8) is 0 Å². The fourth-order valence-corrected chi connectivity index (χ4v) is 2.05. The third-order valence-corrected chi connectivity index (χ3v) is 3.39. The van der Waals surface area contributed by atoms with Gasteiger partial charge in [0.25, 0.3) is 0 Å². The molecule has 0 spiro atoms. The van der Waals surface area contributed by atoms with Gasteiger partial charge < -0.3 is 4.74 Å². The number of ether oxygens (including phenoxy) is 1. The lowest BCUT2D eigenvalue weighted by molar-refractivity contribution is 0.481. The van der Waals surface area contributed by atoms with E-state index in [0.29, 0.717) is 5.75 Å². The predicted octanol–water partition coefficient (Wildman–Crippen LogP) is 5.21. The van der Waals surface area contributed by atoms with Gasteiger partial charge in [0.1, 0.15) is 29.2 Å². The molecule has 0 radical (unpaired) electrons. The van der Waals surface area contributed by atoms with Gasteiger partial charge in [-0.2, -0.15) is 10.5 Å². The largest absolute Gasteiger partial charge is 0.457 e. The Balaban J connectivity index is 2.11. The first-order valence-electron chi connectivity index (χ1n) is 7.33. The summed E-state index contributed by atoms with van der Waals surface area (Å²) >= 11 is 0. The van der Waals surface area contributed by atoms with Crippen LogP contribution in [0.15, 0.2) is 54.1 Å². The molecule has 0 bridgehead atoms. The Morgan fingerprint density at radius 2 is 1.35 bits per heavy atom. The van der Waals surface area contributed by atoms with Crippen LogP contribution < -0.4 is 4.74 Å². The molecule has 23 heavy (non-hydrogen) atoms. The van der Waals surface area contributed by atoms with Crippen molar-refractivity contribution in [3.05, 3.63) is 65.2 Å². The number of nitriles is 2. The van der Waals surface area contributed by atoms with Gasteiger partial charge in [-0.3, -0.25) is 0 Å². The van der Waals surface area contributed by atoms with E-state index in [9.17, 15) is 0 Å². The summed E-state index contributed by atoms with van der Waals surface area (Å²) in [6.45, 7) is 6.52. The first-order chi connectivity index (χ1) is 10.9. The average molecular weight is 302 g/mol. The summed E-state index contributed by atoms with van der Waals surface area (Å²) in [5.41, 5.74) is 2.24. The van der Waals surface area contributed by atoms with E-state index in [1.807, 2.05) is 48.5 Å². The molecule has 114 valence electrons. The predicted molar refractivity (Wildman–Crippen MR) is 90.9 cm³/mol. The van der Waals surface area contributed by atoms with Crippen molar-refractivity contribution < 1.29 is 4.74 Å².